The van der Waals surface area contributed by atoms with Gasteiger partial charge in [-0.05, 0) is 95.6 Å². The Balaban J connectivity index is 1.16. The lowest BCUT2D eigenvalue weighted by Crippen LogP contribution is -2.32. The van der Waals surface area contributed by atoms with E-state index in [-0.39, 0.29) is 23.0 Å². The molecule has 2 heterocycles. The summed E-state index contributed by atoms with van der Waals surface area (Å²) in [4.78, 5) is 0. The molecule has 0 bridgehead atoms. The molecule has 4 heteroatoms. The molecule has 1 aliphatic carbocycles. The zero-order chi connectivity index (χ0) is 31.8. The Hall–Kier alpha value is -3.80. The standard InChI is InChI=1S/C43H42O4/c1-42(2,3)31-19-29-10-9-27-11-14-34(37-16-13-30(20-31)40(29)41(27)37)28-12-15-36-35-7-4-5-8-38(35)43(39(36)21-28,26-45-23-33-25-47-33)17-6-18-44-22-32-24-46-32/h4-5,7-16,19-21,32-33H,6,17-18,22-26H2,1-3H3. The average Bonchev–Trinajstić information content (AvgIpc) is 4.02. The third-order valence-corrected chi connectivity index (χ3v) is 10.7. The van der Waals surface area contributed by atoms with E-state index in [1.54, 1.807) is 0 Å². The zero-order valence-electron chi connectivity index (χ0n) is 27.6. The van der Waals surface area contributed by atoms with E-state index in [0.29, 0.717) is 19.8 Å². The monoisotopic (exact) mass is 622 g/mol. The predicted molar refractivity (Wildman–Crippen MR) is 191 cm³/mol. The Morgan fingerprint density at radius 1 is 0.681 bits per heavy atom. The highest BCUT2D eigenvalue weighted by atomic mass is 16.6. The first-order valence-electron chi connectivity index (χ1n) is 17.2. The summed E-state index contributed by atoms with van der Waals surface area (Å²) < 4.78 is 23.4. The highest BCUT2D eigenvalue weighted by Gasteiger charge is 2.43. The summed E-state index contributed by atoms with van der Waals surface area (Å²) in [6.45, 7) is 11.2. The second kappa shape index (κ2) is 11.1. The molecule has 6 aromatic rings. The minimum Gasteiger partial charge on any atom is -0.379 e. The zero-order valence-corrected chi connectivity index (χ0v) is 27.6. The molecule has 0 saturated carbocycles. The van der Waals surface area contributed by atoms with Crippen LogP contribution in [0.1, 0.15) is 50.3 Å². The topological polar surface area (TPSA) is 43.5 Å². The van der Waals surface area contributed by atoms with Crippen LogP contribution in [0, 0.1) is 0 Å². The summed E-state index contributed by atoms with van der Waals surface area (Å²) in [5, 5.41) is 7.96. The summed E-state index contributed by atoms with van der Waals surface area (Å²) in [7, 11) is 0. The van der Waals surface area contributed by atoms with Crippen molar-refractivity contribution in [1.82, 2.24) is 0 Å². The van der Waals surface area contributed by atoms with Gasteiger partial charge < -0.3 is 18.9 Å². The maximum absolute atomic E-state index is 6.50. The smallest absolute Gasteiger partial charge is 0.104 e. The molecule has 0 N–H and O–H groups in total. The largest absolute Gasteiger partial charge is 0.379 e. The van der Waals surface area contributed by atoms with Crippen molar-refractivity contribution in [3.8, 4) is 22.3 Å². The van der Waals surface area contributed by atoms with Crippen molar-refractivity contribution < 1.29 is 18.9 Å². The van der Waals surface area contributed by atoms with Gasteiger partial charge >= 0.3 is 0 Å². The normalized spacial score (nSPS) is 21.5. The maximum Gasteiger partial charge on any atom is 0.104 e. The Kier molecular flexibility index (Phi) is 6.95. The number of epoxide rings is 2. The van der Waals surface area contributed by atoms with Crippen LogP contribution in [-0.4, -0.2) is 51.8 Å². The second-order valence-electron chi connectivity index (χ2n) is 14.9. The van der Waals surface area contributed by atoms with Crippen molar-refractivity contribution in [1.29, 1.82) is 0 Å². The lowest BCUT2D eigenvalue weighted by Gasteiger charge is -2.32. The van der Waals surface area contributed by atoms with E-state index in [1.807, 2.05) is 0 Å². The summed E-state index contributed by atoms with van der Waals surface area (Å²) in [5.41, 5.74) is 9.09. The average molecular weight is 623 g/mol. The quantitative estimate of drug-likeness (QED) is 0.0820. The Bertz CT molecular complexity index is 2100. The van der Waals surface area contributed by atoms with Gasteiger partial charge in [0.05, 0.1) is 33.0 Å². The summed E-state index contributed by atoms with van der Waals surface area (Å²) in [5.74, 6) is 0. The van der Waals surface area contributed by atoms with E-state index in [9.17, 15) is 0 Å². The molecule has 238 valence electrons. The predicted octanol–water partition coefficient (Wildman–Crippen LogP) is 9.43. The molecule has 0 spiro atoms. The SMILES string of the molecule is CC(C)(C)c1cc2ccc3ccc(-c4ccc5c(c4)C(CCCOCC4CO4)(COCC4CO4)c4ccccc4-5)c4ccc(c1)c2c34. The van der Waals surface area contributed by atoms with Gasteiger partial charge in [-0.1, -0.05) is 106 Å². The minimum absolute atomic E-state index is 0.0945. The molecule has 2 saturated heterocycles. The molecule has 47 heavy (non-hydrogen) atoms. The van der Waals surface area contributed by atoms with Gasteiger partial charge in [-0.25, -0.2) is 0 Å². The summed E-state index contributed by atoms with van der Waals surface area (Å²) >= 11 is 0. The molecule has 0 radical (unpaired) electrons. The van der Waals surface area contributed by atoms with E-state index in [4.69, 9.17) is 18.9 Å². The van der Waals surface area contributed by atoms with Gasteiger partial charge in [0, 0.05) is 12.0 Å². The van der Waals surface area contributed by atoms with Crippen LogP contribution in [0.3, 0.4) is 0 Å². The molecule has 3 atom stereocenters. The van der Waals surface area contributed by atoms with Crippen molar-refractivity contribution in [2.24, 2.45) is 0 Å². The van der Waals surface area contributed by atoms with Crippen LogP contribution in [0.5, 0.6) is 0 Å². The Morgan fingerprint density at radius 3 is 2.11 bits per heavy atom. The molecule has 0 aromatic heterocycles. The number of rotatable bonds is 11. The summed E-state index contributed by atoms with van der Waals surface area (Å²) in [6, 6.07) is 34.8. The van der Waals surface area contributed by atoms with Crippen LogP contribution in [0.2, 0.25) is 0 Å². The first kappa shape index (κ1) is 29.3. The fourth-order valence-electron chi connectivity index (χ4n) is 8.01. The van der Waals surface area contributed by atoms with Gasteiger partial charge in [0.1, 0.15) is 12.2 Å². The highest BCUT2D eigenvalue weighted by molar-refractivity contribution is 6.25. The highest BCUT2D eigenvalue weighted by Crippen LogP contribution is 2.53. The van der Waals surface area contributed by atoms with E-state index in [1.165, 1.54) is 71.3 Å². The van der Waals surface area contributed by atoms with Gasteiger partial charge in [0.2, 0.25) is 0 Å². The molecule has 9 rings (SSSR count). The third kappa shape index (κ3) is 5.14. The van der Waals surface area contributed by atoms with Crippen LogP contribution in [0.4, 0.5) is 0 Å². The van der Waals surface area contributed by atoms with Crippen LogP contribution < -0.4 is 0 Å². The first-order chi connectivity index (χ1) is 22.9. The molecule has 4 nitrogen and oxygen atoms in total. The van der Waals surface area contributed by atoms with Crippen LogP contribution >= 0.6 is 0 Å². The number of fused-ring (bicyclic) bond motifs is 3. The third-order valence-electron chi connectivity index (χ3n) is 10.7. The van der Waals surface area contributed by atoms with Gasteiger partial charge in [0.25, 0.3) is 0 Å². The van der Waals surface area contributed by atoms with Crippen molar-refractivity contribution in [3.63, 3.8) is 0 Å². The number of hydrogen-bond donors (Lipinski definition) is 0. The molecular weight excluding hydrogens is 580 g/mol. The van der Waals surface area contributed by atoms with Crippen LogP contribution in [0.15, 0.2) is 91.0 Å². The van der Waals surface area contributed by atoms with E-state index in [0.717, 1.165) is 32.7 Å². The first-order valence-corrected chi connectivity index (χ1v) is 17.2. The molecule has 2 fully saturated rings. The Morgan fingerprint density at radius 2 is 1.34 bits per heavy atom. The molecular formula is C43H42O4. The second-order valence-corrected chi connectivity index (χ2v) is 14.9. The van der Waals surface area contributed by atoms with Crippen LogP contribution in [-0.2, 0) is 29.8 Å². The Labute approximate surface area is 276 Å². The maximum atomic E-state index is 6.50. The molecule has 6 aromatic carbocycles. The number of benzene rings is 6. The fraction of sp³-hybridized carbons (Fsp3) is 0.349. The van der Waals surface area contributed by atoms with E-state index < -0.39 is 0 Å². The number of ether oxygens (including phenoxy) is 4. The lowest BCUT2D eigenvalue weighted by atomic mass is 9.74. The van der Waals surface area contributed by atoms with Crippen LogP contribution in [0.25, 0.3) is 54.6 Å². The van der Waals surface area contributed by atoms with Gasteiger partial charge in [0.15, 0.2) is 0 Å². The van der Waals surface area contributed by atoms with Crippen molar-refractivity contribution in [2.45, 2.75) is 56.7 Å². The molecule has 2 aliphatic heterocycles. The van der Waals surface area contributed by atoms with Crippen molar-refractivity contribution in [3.05, 3.63) is 108 Å². The van der Waals surface area contributed by atoms with Gasteiger partial charge in [-0.2, -0.15) is 0 Å². The number of hydrogen-bond acceptors (Lipinski definition) is 4. The van der Waals surface area contributed by atoms with E-state index in [2.05, 4.69) is 112 Å². The molecule has 3 unspecified atom stereocenters. The van der Waals surface area contributed by atoms with Crippen molar-refractivity contribution in [2.75, 3.05) is 39.6 Å². The molecule has 3 aliphatic rings. The fourth-order valence-corrected chi connectivity index (χ4v) is 8.01. The molecule has 0 amide bonds. The van der Waals surface area contributed by atoms with E-state index >= 15 is 0 Å². The van der Waals surface area contributed by atoms with Crippen molar-refractivity contribution >= 4 is 32.3 Å². The van der Waals surface area contributed by atoms with Gasteiger partial charge in [-0.15, -0.1) is 0 Å². The lowest BCUT2D eigenvalue weighted by molar-refractivity contribution is 0.0713. The minimum atomic E-state index is -0.261. The summed E-state index contributed by atoms with van der Waals surface area (Å²) in [6.07, 6.45) is 2.41. The van der Waals surface area contributed by atoms with Gasteiger partial charge in [-0.3, -0.25) is 0 Å².